The van der Waals surface area contributed by atoms with Crippen molar-refractivity contribution >= 4 is 43.6 Å². The van der Waals surface area contributed by atoms with Gasteiger partial charge in [0.15, 0.2) is 17.5 Å². The lowest BCUT2D eigenvalue weighted by Gasteiger charge is -2.18. The molecule has 0 N–H and O–H groups in total. The van der Waals surface area contributed by atoms with Crippen LogP contribution in [-0.4, -0.2) is 24.1 Å². The van der Waals surface area contributed by atoms with Crippen LogP contribution in [0.15, 0.2) is 231 Å². The molecule has 74 heavy (non-hydrogen) atoms. The second kappa shape index (κ2) is 17.9. The Morgan fingerprint density at radius 2 is 0.649 bits per heavy atom. The smallest absolute Gasteiger partial charge is 0.164 e. The molecule has 0 aliphatic heterocycles. The largest absolute Gasteiger partial charge is 0.309 e. The minimum atomic E-state index is 0.450. The standard InChI is InChI=1S/C66H38N8/c67-39-42-27-29-45(30-28-42)50-17-1-2-22-55(50)66-71-64(48-31-33-62(56(37-48)46-15-11-13-43(35-46)40-68)73-58-23-7-3-18-51(58)52-19-4-8-24-59(52)73)70-65(72-66)49-32-34-63(57(38-49)47-16-12-14-44(36-47)41-69)74-60-25-9-5-20-53(60)54-21-6-10-26-61(54)74/h1-38H. The summed E-state index contributed by atoms with van der Waals surface area (Å²) in [5, 5.41) is 34.5. The summed E-state index contributed by atoms with van der Waals surface area (Å²) in [5.74, 6) is 1.36. The van der Waals surface area contributed by atoms with E-state index in [1.165, 1.54) is 0 Å². The van der Waals surface area contributed by atoms with Crippen LogP contribution in [0.5, 0.6) is 0 Å². The van der Waals surface area contributed by atoms with E-state index >= 15 is 0 Å². The third kappa shape index (κ3) is 7.33. The number of nitrogens with zero attached hydrogens (tertiary/aromatic N) is 8. The van der Waals surface area contributed by atoms with Gasteiger partial charge in [-0.3, -0.25) is 0 Å². The fraction of sp³-hybridized carbons (Fsp3) is 0. The van der Waals surface area contributed by atoms with Crippen molar-refractivity contribution in [1.29, 1.82) is 15.8 Å². The van der Waals surface area contributed by atoms with E-state index in [1.807, 2.05) is 97.1 Å². The molecule has 10 aromatic carbocycles. The Balaban J connectivity index is 1.07. The van der Waals surface area contributed by atoms with E-state index in [0.717, 1.165) is 105 Å². The molecule has 0 bridgehead atoms. The first kappa shape index (κ1) is 43.3. The van der Waals surface area contributed by atoms with E-state index in [1.54, 1.807) is 0 Å². The molecule has 0 unspecified atom stereocenters. The summed E-state index contributed by atoms with van der Waals surface area (Å²) in [6.07, 6.45) is 0. The Hall–Kier alpha value is -10.7. The third-order valence-electron chi connectivity index (χ3n) is 13.9. The molecule has 0 aliphatic carbocycles. The van der Waals surface area contributed by atoms with Crippen molar-refractivity contribution in [2.75, 3.05) is 0 Å². The van der Waals surface area contributed by atoms with Crippen LogP contribution in [0.25, 0.3) is 123 Å². The fourth-order valence-electron chi connectivity index (χ4n) is 10.5. The predicted molar refractivity (Wildman–Crippen MR) is 295 cm³/mol. The Bertz CT molecular complexity index is 4190. The molecule has 0 radical (unpaired) electrons. The molecular formula is C66H38N8. The Morgan fingerprint density at radius 1 is 0.270 bits per heavy atom. The molecule has 0 saturated heterocycles. The van der Waals surface area contributed by atoms with E-state index < -0.39 is 0 Å². The second-order valence-electron chi connectivity index (χ2n) is 18.1. The van der Waals surface area contributed by atoms with E-state index in [-0.39, 0.29) is 0 Å². The molecule has 3 heterocycles. The van der Waals surface area contributed by atoms with Crippen molar-refractivity contribution < 1.29 is 0 Å². The predicted octanol–water partition coefficient (Wildman–Crippen LogP) is 15.7. The van der Waals surface area contributed by atoms with Gasteiger partial charge in [0.25, 0.3) is 0 Å². The van der Waals surface area contributed by atoms with Crippen LogP contribution in [0.4, 0.5) is 0 Å². The quantitative estimate of drug-likeness (QED) is 0.150. The molecule has 13 aromatic rings. The minimum Gasteiger partial charge on any atom is -0.309 e. The van der Waals surface area contributed by atoms with E-state index in [4.69, 9.17) is 15.0 Å². The molecule has 0 spiro atoms. The number of rotatable bonds is 8. The van der Waals surface area contributed by atoms with Gasteiger partial charge in [0, 0.05) is 49.4 Å². The van der Waals surface area contributed by atoms with Gasteiger partial charge in [0.2, 0.25) is 0 Å². The number of hydrogen-bond donors (Lipinski definition) is 0. The van der Waals surface area contributed by atoms with Gasteiger partial charge in [-0.25, -0.2) is 15.0 Å². The number of para-hydroxylation sites is 4. The Labute approximate surface area is 425 Å². The van der Waals surface area contributed by atoms with Gasteiger partial charge < -0.3 is 9.13 Å². The molecule has 0 amide bonds. The second-order valence-corrected chi connectivity index (χ2v) is 18.1. The monoisotopic (exact) mass is 942 g/mol. The highest BCUT2D eigenvalue weighted by atomic mass is 15.0. The van der Waals surface area contributed by atoms with Crippen LogP contribution in [-0.2, 0) is 0 Å². The number of fused-ring (bicyclic) bond motifs is 6. The van der Waals surface area contributed by atoms with Gasteiger partial charge >= 0.3 is 0 Å². The highest BCUT2D eigenvalue weighted by Gasteiger charge is 2.22. The van der Waals surface area contributed by atoms with Crippen molar-refractivity contribution in [1.82, 2.24) is 24.1 Å². The highest BCUT2D eigenvalue weighted by molar-refractivity contribution is 6.11. The zero-order valence-corrected chi connectivity index (χ0v) is 39.5. The topological polar surface area (TPSA) is 120 Å². The number of nitriles is 3. The molecule has 0 saturated carbocycles. The van der Waals surface area contributed by atoms with E-state index in [2.05, 4.69) is 161 Å². The van der Waals surface area contributed by atoms with Crippen LogP contribution >= 0.6 is 0 Å². The molecule has 8 heteroatoms. The summed E-state index contributed by atoms with van der Waals surface area (Å²) in [4.78, 5) is 16.0. The normalized spacial score (nSPS) is 11.2. The van der Waals surface area contributed by atoms with Crippen LogP contribution in [0.2, 0.25) is 0 Å². The number of aromatic nitrogens is 5. The van der Waals surface area contributed by atoms with Gasteiger partial charge in [-0.1, -0.05) is 133 Å². The van der Waals surface area contributed by atoms with Crippen molar-refractivity contribution in [2.45, 2.75) is 0 Å². The van der Waals surface area contributed by atoms with Gasteiger partial charge in [0.05, 0.1) is 68.3 Å². The Kier molecular flexibility index (Phi) is 10.5. The SMILES string of the molecule is N#Cc1ccc(-c2ccccc2-c2nc(-c3ccc(-n4c5ccccc5c5ccccc54)c(-c4cccc(C#N)c4)c3)nc(-c3ccc(-n4c5ccccc5c5ccccc54)c(-c4cccc(C#N)c4)c3)n2)cc1. The van der Waals surface area contributed by atoms with E-state index in [9.17, 15) is 15.8 Å². The lowest BCUT2D eigenvalue weighted by Crippen LogP contribution is -2.03. The van der Waals surface area contributed by atoms with Gasteiger partial charge in [-0.2, -0.15) is 15.8 Å². The summed E-state index contributed by atoms with van der Waals surface area (Å²) >= 11 is 0. The molecule has 0 aliphatic rings. The summed E-state index contributed by atoms with van der Waals surface area (Å²) in [6.45, 7) is 0. The third-order valence-corrected chi connectivity index (χ3v) is 13.9. The van der Waals surface area contributed by atoms with Crippen molar-refractivity contribution in [3.8, 4) is 97.1 Å². The number of benzene rings is 10. The zero-order valence-electron chi connectivity index (χ0n) is 39.5. The molecule has 8 nitrogen and oxygen atoms in total. The van der Waals surface area contributed by atoms with Gasteiger partial charge in [-0.15, -0.1) is 0 Å². The van der Waals surface area contributed by atoms with Crippen LogP contribution in [0, 0.1) is 34.0 Å². The summed E-state index contributed by atoms with van der Waals surface area (Å²) in [5.41, 5.74) is 15.4. The molecule has 3 aromatic heterocycles. The first-order chi connectivity index (χ1) is 36.5. The first-order valence-corrected chi connectivity index (χ1v) is 24.2. The Morgan fingerprint density at radius 3 is 1.08 bits per heavy atom. The van der Waals surface area contributed by atoms with Crippen molar-refractivity contribution in [3.63, 3.8) is 0 Å². The lowest BCUT2D eigenvalue weighted by molar-refractivity contribution is 1.07. The maximum absolute atomic E-state index is 10.2. The number of hydrogen-bond acceptors (Lipinski definition) is 6. The fourth-order valence-corrected chi connectivity index (χ4v) is 10.5. The van der Waals surface area contributed by atoms with Gasteiger partial charge in [-0.05, 0) is 119 Å². The average Bonchev–Trinajstić information content (AvgIpc) is 4.03. The van der Waals surface area contributed by atoms with Crippen LogP contribution in [0.1, 0.15) is 16.7 Å². The molecule has 13 rings (SSSR count). The van der Waals surface area contributed by atoms with Gasteiger partial charge in [0.1, 0.15) is 0 Å². The summed E-state index contributed by atoms with van der Waals surface area (Å²) in [7, 11) is 0. The van der Waals surface area contributed by atoms with Crippen LogP contribution in [0.3, 0.4) is 0 Å². The molecule has 0 fully saturated rings. The maximum Gasteiger partial charge on any atom is 0.164 e. The zero-order chi connectivity index (χ0) is 49.7. The molecular weight excluding hydrogens is 905 g/mol. The van der Waals surface area contributed by atoms with E-state index in [0.29, 0.717) is 34.2 Å². The van der Waals surface area contributed by atoms with Crippen LogP contribution < -0.4 is 0 Å². The minimum absolute atomic E-state index is 0.450. The summed E-state index contributed by atoms with van der Waals surface area (Å²) in [6, 6.07) is 84.3. The first-order valence-electron chi connectivity index (χ1n) is 24.2. The summed E-state index contributed by atoms with van der Waals surface area (Å²) < 4.78 is 4.59. The lowest BCUT2D eigenvalue weighted by atomic mass is 9.97. The maximum atomic E-state index is 10.2. The average molecular weight is 943 g/mol. The van der Waals surface area contributed by atoms with Crippen molar-refractivity contribution in [2.24, 2.45) is 0 Å². The molecule has 0 atom stereocenters. The highest BCUT2D eigenvalue weighted by Crippen LogP contribution is 2.42. The van der Waals surface area contributed by atoms with Crippen molar-refractivity contribution in [3.05, 3.63) is 247 Å². The molecule has 342 valence electrons.